The van der Waals surface area contributed by atoms with Crippen LogP contribution < -0.4 is 9.47 Å². The summed E-state index contributed by atoms with van der Waals surface area (Å²) in [5, 5.41) is 9.26. The Balaban J connectivity index is 2.08. The summed E-state index contributed by atoms with van der Waals surface area (Å²) in [6.07, 6.45) is 3.16. The van der Waals surface area contributed by atoms with Crippen LogP contribution >= 0.6 is 11.6 Å². The Labute approximate surface area is 164 Å². The first-order chi connectivity index (χ1) is 13.0. The number of methoxy groups -OCH3 is 1. The van der Waals surface area contributed by atoms with E-state index < -0.39 is 0 Å². The second kappa shape index (κ2) is 9.65. The van der Waals surface area contributed by atoms with Gasteiger partial charge in [-0.2, -0.15) is 5.26 Å². The molecule has 27 heavy (non-hydrogen) atoms. The van der Waals surface area contributed by atoms with Gasteiger partial charge in [-0.15, -0.1) is 0 Å². The van der Waals surface area contributed by atoms with Crippen molar-refractivity contribution in [1.29, 1.82) is 5.26 Å². The molecule has 0 spiro atoms. The average Bonchev–Trinajstić information content (AvgIpc) is 2.68. The van der Waals surface area contributed by atoms with E-state index in [0.717, 1.165) is 11.1 Å². The van der Waals surface area contributed by atoms with Gasteiger partial charge in [-0.1, -0.05) is 23.7 Å². The summed E-state index contributed by atoms with van der Waals surface area (Å²) in [7, 11) is 3.26. The minimum Gasteiger partial charge on any atom is -0.493 e. The number of nitriles is 1. The molecule has 0 saturated heterocycles. The monoisotopic (exact) mass is 384 g/mol. The molecule has 140 valence electrons. The SMILES string of the molecule is CCOc1c(Cl)cc(/C=C/C(=O)N(C)Cc2ccc(C#N)cc2)cc1OC. The average molecular weight is 385 g/mol. The highest BCUT2D eigenvalue weighted by molar-refractivity contribution is 6.32. The third-order valence-corrected chi connectivity index (χ3v) is 4.12. The number of ether oxygens (including phenoxy) is 2. The molecule has 2 aromatic rings. The van der Waals surface area contributed by atoms with E-state index in [4.69, 9.17) is 26.3 Å². The van der Waals surface area contributed by atoms with Gasteiger partial charge in [-0.3, -0.25) is 4.79 Å². The zero-order chi connectivity index (χ0) is 19.8. The molecule has 1 amide bonds. The third-order valence-electron chi connectivity index (χ3n) is 3.84. The normalized spacial score (nSPS) is 10.5. The Morgan fingerprint density at radius 2 is 2.00 bits per heavy atom. The van der Waals surface area contributed by atoms with E-state index in [-0.39, 0.29) is 5.91 Å². The summed E-state index contributed by atoms with van der Waals surface area (Å²) in [5.41, 5.74) is 2.28. The molecular weight excluding hydrogens is 364 g/mol. The topological polar surface area (TPSA) is 62.6 Å². The van der Waals surface area contributed by atoms with Gasteiger partial charge in [0.2, 0.25) is 5.91 Å². The number of carbonyl (C=O) groups excluding carboxylic acids is 1. The minimum absolute atomic E-state index is 0.150. The Morgan fingerprint density at radius 1 is 1.30 bits per heavy atom. The molecule has 0 saturated carbocycles. The van der Waals surface area contributed by atoms with Crippen LogP contribution in [0.15, 0.2) is 42.5 Å². The fourth-order valence-corrected chi connectivity index (χ4v) is 2.73. The van der Waals surface area contributed by atoms with Gasteiger partial charge >= 0.3 is 0 Å². The Morgan fingerprint density at radius 3 is 2.59 bits per heavy atom. The zero-order valence-corrected chi connectivity index (χ0v) is 16.3. The van der Waals surface area contributed by atoms with Crippen LogP contribution in [0, 0.1) is 11.3 Å². The smallest absolute Gasteiger partial charge is 0.246 e. The number of hydrogen-bond acceptors (Lipinski definition) is 4. The van der Waals surface area contributed by atoms with Gasteiger partial charge < -0.3 is 14.4 Å². The number of amides is 1. The van der Waals surface area contributed by atoms with Crippen molar-refractivity contribution >= 4 is 23.6 Å². The molecule has 0 unspecified atom stereocenters. The van der Waals surface area contributed by atoms with Crippen molar-refractivity contribution < 1.29 is 14.3 Å². The number of likely N-dealkylation sites (N-methyl/N-ethyl adjacent to an activating group) is 1. The molecule has 0 fully saturated rings. The van der Waals surface area contributed by atoms with Gasteiger partial charge in [-0.05, 0) is 48.4 Å². The maximum Gasteiger partial charge on any atom is 0.246 e. The van der Waals surface area contributed by atoms with E-state index in [1.165, 1.54) is 13.2 Å². The predicted octanol–water partition coefficient (Wildman–Crippen LogP) is 4.29. The van der Waals surface area contributed by atoms with Crippen LogP contribution in [-0.2, 0) is 11.3 Å². The summed E-state index contributed by atoms with van der Waals surface area (Å²) in [6, 6.07) is 12.7. The molecule has 0 radical (unpaired) electrons. The lowest BCUT2D eigenvalue weighted by molar-refractivity contribution is -0.125. The van der Waals surface area contributed by atoms with Crippen molar-refractivity contribution in [2.45, 2.75) is 13.5 Å². The number of nitrogens with zero attached hydrogens (tertiary/aromatic N) is 2. The van der Waals surface area contributed by atoms with Crippen molar-refractivity contribution in [1.82, 2.24) is 4.90 Å². The molecule has 0 aliphatic rings. The van der Waals surface area contributed by atoms with E-state index in [1.807, 2.05) is 19.1 Å². The maximum atomic E-state index is 12.4. The van der Waals surface area contributed by atoms with Crippen molar-refractivity contribution in [3.63, 3.8) is 0 Å². The quantitative estimate of drug-likeness (QED) is 0.668. The number of benzene rings is 2. The molecule has 5 nitrogen and oxygen atoms in total. The van der Waals surface area contributed by atoms with E-state index in [1.54, 1.807) is 42.3 Å². The fourth-order valence-electron chi connectivity index (χ4n) is 2.45. The second-order valence-electron chi connectivity index (χ2n) is 5.80. The number of carbonyl (C=O) groups is 1. The van der Waals surface area contributed by atoms with Gasteiger partial charge in [0.1, 0.15) is 0 Å². The van der Waals surface area contributed by atoms with E-state index in [9.17, 15) is 4.79 Å². The van der Waals surface area contributed by atoms with Crippen LogP contribution in [0.5, 0.6) is 11.5 Å². The summed E-state index contributed by atoms with van der Waals surface area (Å²) in [6.45, 7) is 2.79. The molecular formula is C21H21ClN2O3. The number of hydrogen-bond donors (Lipinski definition) is 0. The lowest BCUT2D eigenvalue weighted by Crippen LogP contribution is -2.24. The van der Waals surface area contributed by atoms with Crippen LogP contribution in [-0.4, -0.2) is 31.6 Å². The first-order valence-electron chi connectivity index (χ1n) is 8.41. The lowest BCUT2D eigenvalue weighted by Gasteiger charge is -2.15. The summed E-state index contributed by atoms with van der Waals surface area (Å²) in [4.78, 5) is 13.9. The van der Waals surface area contributed by atoms with E-state index in [2.05, 4.69) is 6.07 Å². The largest absolute Gasteiger partial charge is 0.493 e. The van der Waals surface area contributed by atoms with Crippen LogP contribution in [0.4, 0.5) is 0 Å². The van der Waals surface area contributed by atoms with Gasteiger partial charge in [0.05, 0.1) is 30.4 Å². The van der Waals surface area contributed by atoms with Crippen LogP contribution in [0.25, 0.3) is 6.08 Å². The van der Waals surface area contributed by atoms with Crippen molar-refractivity contribution in [2.75, 3.05) is 20.8 Å². The summed E-state index contributed by atoms with van der Waals surface area (Å²) >= 11 is 6.24. The second-order valence-corrected chi connectivity index (χ2v) is 6.21. The van der Waals surface area contributed by atoms with Gasteiger partial charge in [0, 0.05) is 19.7 Å². The molecule has 0 atom stereocenters. The molecule has 0 aromatic heterocycles. The predicted molar refractivity (Wildman–Crippen MR) is 106 cm³/mol. The van der Waals surface area contributed by atoms with Gasteiger partial charge in [0.25, 0.3) is 0 Å². The van der Waals surface area contributed by atoms with Crippen LogP contribution in [0.2, 0.25) is 5.02 Å². The highest BCUT2D eigenvalue weighted by Gasteiger charge is 2.11. The molecule has 2 aromatic carbocycles. The molecule has 0 heterocycles. The number of rotatable bonds is 7. The van der Waals surface area contributed by atoms with Gasteiger partial charge in [0.15, 0.2) is 11.5 Å². The van der Waals surface area contributed by atoms with Crippen LogP contribution in [0.1, 0.15) is 23.6 Å². The van der Waals surface area contributed by atoms with Crippen molar-refractivity contribution in [3.05, 3.63) is 64.2 Å². The Bertz CT molecular complexity index is 870. The third kappa shape index (κ3) is 5.50. The summed E-state index contributed by atoms with van der Waals surface area (Å²) in [5.74, 6) is 0.855. The molecule has 0 bridgehead atoms. The Kier molecular flexibility index (Phi) is 7.27. The summed E-state index contributed by atoms with van der Waals surface area (Å²) < 4.78 is 10.8. The lowest BCUT2D eigenvalue weighted by atomic mass is 10.1. The first-order valence-corrected chi connectivity index (χ1v) is 8.78. The fraction of sp³-hybridized carbons (Fsp3) is 0.238. The molecule has 0 aliphatic heterocycles. The maximum absolute atomic E-state index is 12.4. The standard InChI is InChI=1S/C21H21ClN2O3/c1-4-27-21-18(22)11-17(12-19(21)26-3)9-10-20(25)24(2)14-16-7-5-15(13-23)6-8-16/h5-12H,4,14H2,1-3H3/b10-9+. The van der Waals surface area contributed by atoms with E-state index >= 15 is 0 Å². The molecule has 0 aliphatic carbocycles. The van der Waals surface area contributed by atoms with Crippen molar-refractivity contribution in [2.24, 2.45) is 0 Å². The van der Waals surface area contributed by atoms with Gasteiger partial charge in [-0.25, -0.2) is 0 Å². The minimum atomic E-state index is -0.150. The highest BCUT2D eigenvalue weighted by Crippen LogP contribution is 2.36. The first kappa shape index (κ1) is 20.3. The molecule has 2 rings (SSSR count). The highest BCUT2D eigenvalue weighted by atomic mass is 35.5. The van der Waals surface area contributed by atoms with Crippen LogP contribution in [0.3, 0.4) is 0 Å². The van der Waals surface area contributed by atoms with E-state index in [0.29, 0.717) is 35.2 Å². The Hall–Kier alpha value is -2.97. The number of halogens is 1. The molecule has 0 N–H and O–H groups in total. The molecule has 6 heteroatoms. The zero-order valence-electron chi connectivity index (χ0n) is 15.5. The van der Waals surface area contributed by atoms with Crippen molar-refractivity contribution in [3.8, 4) is 17.6 Å².